The fourth-order valence-corrected chi connectivity index (χ4v) is 2.31. The third kappa shape index (κ3) is 1.93. The van der Waals surface area contributed by atoms with E-state index >= 15 is 0 Å². The van der Waals surface area contributed by atoms with E-state index in [-0.39, 0.29) is 5.69 Å². The number of carbonyl (C=O) groups is 1. The molecule has 0 radical (unpaired) electrons. The van der Waals surface area contributed by atoms with Crippen molar-refractivity contribution < 1.29 is 9.90 Å². The van der Waals surface area contributed by atoms with E-state index in [0.717, 1.165) is 22.5 Å². The van der Waals surface area contributed by atoms with Crippen molar-refractivity contribution in [2.45, 2.75) is 13.8 Å². The molecule has 0 aliphatic carbocycles. The van der Waals surface area contributed by atoms with Gasteiger partial charge in [-0.3, -0.25) is 0 Å². The molecule has 0 fully saturated rings. The summed E-state index contributed by atoms with van der Waals surface area (Å²) in [5.41, 5.74) is 3.25. The molecule has 5 nitrogen and oxygen atoms in total. The molecule has 2 aromatic heterocycles. The van der Waals surface area contributed by atoms with Crippen LogP contribution in [-0.2, 0) is 0 Å². The molecule has 0 saturated carbocycles. The number of para-hydroxylation sites is 1. The first-order valence-corrected chi connectivity index (χ1v) is 6.23. The van der Waals surface area contributed by atoms with Crippen LogP contribution in [0.5, 0.6) is 0 Å². The molecule has 2 heterocycles. The fraction of sp³-hybridized carbons (Fsp3) is 0.133. The Labute approximate surface area is 115 Å². The normalized spacial score (nSPS) is 10.9. The van der Waals surface area contributed by atoms with Crippen LogP contribution in [0, 0.1) is 13.8 Å². The zero-order valence-electron chi connectivity index (χ0n) is 11.2. The zero-order valence-corrected chi connectivity index (χ0v) is 11.2. The summed E-state index contributed by atoms with van der Waals surface area (Å²) in [6.07, 6.45) is 0. The summed E-state index contributed by atoms with van der Waals surface area (Å²) in [6, 6.07) is 11.0. The maximum absolute atomic E-state index is 11.2. The monoisotopic (exact) mass is 267 g/mol. The van der Waals surface area contributed by atoms with Gasteiger partial charge < -0.3 is 5.11 Å². The second-order valence-electron chi connectivity index (χ2n) is 4.69. The standard InChI is InChI=1S/C15H13N3O2/c1-9-7-10(2)18(17-9)14-8-13(15(19)20)16-12-6-4-3-5-11(12)14/h3-8H,1-2H3,(H,19,20). The Bertz CT molecular complexity index is 821. The summed E-state index contributed by atoms with van der Waals surface area (Å²) < 4.78 is 1.76. The summed E-state index contributed by atoms with van der Waals surface area (Å²) in [5.74, 6) is -1.04. The van der Waals surface area contributed by atoms with E-state index in [9.17, 15) is 9.90 Å². The highest BCUT2D eigenvalue weighted by Crippen LogP contribution is 2.23. The van der Waals surface area contributed by atoms with Crippen LogP contribution in [0.4, 0.5) is 0 Å². The van der Waals surface area contributed by atoms with Crippen LogP contribution < -0.4 is 0 Å². The van der Waals surface area contributed by atoms with Crippen LogP contribution in [0.25, 0.3) is 16.6 Å². The Morgan fingerprint density at radius 1 is 1.20 bits per heavy atom. The minimum atomic E-state index is -1.04. The predicted molar refractivity (Wildman–Crippen MR) is 75.3 cm³/mol. The maximum atomic E-state index is 11.2. The molecular formula is C15H13N3O2. The van der Waals surface area contributed by atoms with Crippen molar-refractivity contribution in [1.29, 1.82) is 0 Å². The molecule has 1 N–H and O–H groups in total. The molecule has 20 heavy (non-hydrogen) atoms. The average molecular weight is 267 g/mol. The Hall–Kier alpha value is -2.69. The summed E-state index contributed by atoms with van der Waals surface area (Å²) in [5, 5.41) is 14.5. The topological polar surface area (TPSA) is 68.0 Å². The van der Waals surface area contributed by atoms with E-state index in [1.807, 2.05) is 38.1 Å². The number of carboxylic acids is 1. The van der Waals surface area contributed by atoms with E-state index in [2.05, 4.69) is 10.1 Å². The summed E-state index contributed by atoms with van der Waals surface area (Å²) >= 11 is 0. The molecule has 0 saturated heterocycles. The van der Waals surface area contributed by atoms with Crippen LogP contribution in [0.3, 0.4) is 0 Å². The van der Waals surface area contributed by atoms with E-state index in [0.29, 0.717) is 5.52 Å². The lowest BCUT2D eigenvalue weighted by atomic mass is 10.1. The maximum Gasteiger partial charge on any atom is 0.354 e. The Kier molecular flexibility index (Phi) is 2.75. The third-order valence-electron chi connectivity index (χ3n) is 3.15. The van der Waals surface area contributed by atoms with Crippen molar-refractivity contribution >= 4 is 16.9 Å². The molecule has 0 aliphatic rings. The Balaban J connectivity index is 2.38. The van der Waals surface area contributed by atoms with Gasteiger partial charge in [0.2, 0.25) is 0 Å². The van der Waals surface area contributed by atoms with Crippen LogP contribution >= 0.6 is 0 Å². The van der Waals surface area contributed by atoms with Crippen LogP contribution in [0.15, 0.2) is 36.4 Å². The van der Waals surface area contributed by atoms with Gasteiger partial charge in [0, 0.05) is 11.1 Å². The Morgan fingerprint density at radius 3 is 2.60 bits per heavy atom. The molecule has 3 aromatic rings. The molecule has 0 spiro atoms. The number of hydrogen-bond donors (Lipinski definition) is 1. The Morgan fingerprint density at radius 2 is 1.95 bits per heavy atom. The number of fused-ring (bicyclic) bond motifs is 1. The molecule has 0 atom stereocenters. The molecule has 0 amide bonds. The lowest BCUT2D eigenvalue weighted by molar-refractivity contribution is 0.0691. The number of aryl methyl sites for hydroxylation is 2. The van der Waals surface area contributed by atoms with Gasteiger partial charge in [-0.1, -0.05) is 18.2 Å². The minimum Gasteiger partial charge on any atom is -0.477 e. The average Bonchev–Trinajstić information content (AvgIpc) is 2.76. The van der Waals surface area contributed by atoms with Crippen LogP contribution in [0.2, 0.25) is 0 Å². The summed E-state index contributed by atoms with van der Waals surface area (Å²) in [4.78, 5) is 15.4. The summed E-state index contributed by atoms with van der Waals surface area (Å²) in [7, 11) is 0. The number of rotatable bonds is 2. The van der Waals surface area contributed by atoms with Crippen molar-refractivity contribution in [3.63, 3.8) is 0 Å². The SMILES string of the molecule is Cc1cc(C)n(-c2cc(C(=O)O)nc3ccccc23)n1. The van der Waals surface area contributed by atoms with Gasteiger partial charge >= 0.3 is 5.97 Å². The molecule has 1 aromatic carbocycles. The number of aromatic nitrogens is 3. The molecule has 0 aliphatic heterocycles. The first-order valence-electron chi connectivity index (χ1n) is 6.23. The lowest BCUT2D eigenvalue weighted by Gasteiger charge is -2.09. The molecule has 0 bridgehead atoms. The molecular weight excluding hydrogens is 254 g/mol. The van der Waals surface area contributed by atoms with Crippen molar-refractivity contribution in [2.75, 3.05) is 0 Å². The van der Waals surface area contributed by atoms with Gasteiger partial charge in [0.25, 0.3) is 0 Å². The van der Waals surface area contributed by atoms with E-state index in [1.165, 1.54) is 0 Å². The van der Waals surface area contributed by atoms with Crippen molar-refractivity contribution in [3.8, 4) is 5.69 Å². The molecule has 3 rings (SSSR count). The molecule has 5 heteroatoms. The first-order chi connectivity index (χ1) is 9.56. The van der Waals surface area contributed by atoms with Crippen LogP contribution in [-0.4, -0.2) is 25.8 Å². The third-order valence-corrected chi connectivity index (χ3v) is 3.15. The van der Waals surface area contributed by atoms with E-state index in [1.54, 1.807) is 16.8 Å². The molecule has 0 unspecified atom stereocenters. The second kappa shape index (κ2) is 4.45. The quantitative estimate of drug-likeness (QED) is 0.775. The van der Waals surface area contributed by atoms with Gasteiger partial charge in [0.15, 0.2) is 5.69 Å². The number of aromatic carboxylic acids is 1. The van der Waals surface area contributed by atoms with Gasteiger partial charge in [-0.15, -0.1) is 0 Å². The smallest absolute Gasteiger partial charge is 0.354 e. The van der Waals surface area contributed by atoms with Gasteiger partial charge in [-0.05, 0) is 32.0 Å². The highest BCUT2D eigenvalue weighted by Gasteiger charge is 2.13. The second-order valence-corrected chi connectivity index (χ2v) is 4.69. The number of benzene rings is 1. The highest BCUT2D eigenvalue weighted by molar-refractivity contribution is 5.94. The van der Waals surface area contributed by atoms with E-state index in [4.69, 9.17) is 0 Å². The highest BCUT2D eigenvalue weighted by atomic mass is 16.4. The fourth-order valence-electron chi connectivity index (χ4n) is 2.31. The number of hydrogen-bond acceptors (Lipinski definition) is 3. The van der Waals surface area contributed by atoms with Crippen molar-refractivity contribution in [1.82, 2.24) is 14.8 Å². The van der Waals surface area contributed by atoms with Crippen molar-refractivity contribution in [3.05, 3.63) is 53.5 Å². The van der Waals surface area contributed by atoms with Crippen LogP contribution in [0.1, 0.15) is 21.9 Å². The minimum absolute atomic E-state index is 0.0197. The largest absolute Gasteiger partial charge is 0.477 e. The van der Waals surface area contributed by atoms with Gasteiger partial charge in [0.05, 0.1) is 16.9 Å². The first kappa shape index (κ1) is 12.3. The number of nitrogens with zero attached hydrogens (tertiary/aromatic N) is 3. The van der Waals surface area contributed by atoms with Gasteiger partial charge in [0.1, 0.15) is 0 Å². The lowest BCUT2D eigenvalue weighted by Crippen LogP contribution is -2.06. The zero-order chi connectivity index (χ0) is 14.3. The van der Waals surface area contributed by atoms with E-state index < -0.39 is 5.97 Å². The predicted octanol–water partition coefficient (Wildman–Crippen LogP) is 2.74. The van der Waals surface area contributed by atoms with Crippen molar-refractivity contribution in [2.24, 2.45) is 0 Å². The number of carboxylic acid groups (broad SMARTS) is 1. The molecule has 100 valence electrons. The summed E-state index contributed by atoms with van der Waals surface area (Å²) in [6.45, 7) is 3.85. The van der Waals surface area contributed by atoms with Gasteiger partial charge in [-0.25, -0.2) is 14.5 Å². The number of pyridine rings is 1. The van der Waals surface area contributed by atoms with Gasteiger partial charge in [-0.2, -0.15) is 5.10 Å².